The van der Waals surface area contributed by atoms with Gasteiger partial charge >= 0.3 is 0 Å². The molecule has 0 aliphatic heterocycles. The maximum Gasteiger partial charge on any atom is 0.255 e. The summed E-state index contributed by atoms with van der Waals surface area (Å²) in [7, 11) is 1.81. The average molecular weight is 431 g/mol. The number of benzene rings is 1. The molecule has 2 heterocycles. The van der Waals surface area contributed by atoms with Gasteiger partial charge in [-0.1, -0.05) is 43.7 Å². The normalized spacial score (nSPS) is 14.8. The molecule has 1 amide bonds. The molecule has 0 atom stereocenters. The lowest BCUT2D eigenvalue weighted by molar-refractivity contribution is 0.0795. The quantitative estimate of drug-likeness (QED) is 0.603. The van der Waals surface area contributed by atoms with E-state index in [0.29, 0.717) is 24.3 Å². The third kappa shape index (κ3) is 4.35. The largest absolute Gasteiger partial charge is 0.341 e. The number of pyridine rings is 1. The molecule has 1 aromatic carbocycles. The summed E-state index contributed by atoms with van der Waals surface area (Å²) >= 11 is 0. The summed E-state index contributed by atoms with van der Waals surface area (Å²) in [5.74, 6) is 0.701. The summed E-state index contributed by atoms with van der Waals surface area (Å²) in [5.41, 5.74) is 5.23. The Hall–Kier alpha value is -3.28. The highest BCUT2D eigenvalue weighted by Crippen LogP contribution is 2.36. The number of ketones is 1. The van der Waals surface area contributed by atoms with Crippen LogP contribution in [-0.4, -0.2) is 44.9 Å². The monoisotopic (exact) mass is 430 g/mol. The molecule has 2 aromatic heterocycles. The van der Waals surface area contributed by atoms with Crippen LogP contribution in [0.15, 0.2) is 42.6 Å². The van der Waals surface area contributed by atoms with Crippen molar-refractivity contribution in [2.75, 3.05) is 13.6 Å². The van der Waals surface area contributed by atoms with E-state index in [2.05, 4.69) is 55.1 Å². The Labute approximate surface area is 189 Å². The number of aromatic nitrogens is 3. The van der Waals surface area contributed by atoms with Crippen molar-refractivity contribution in [1.29, 1.82) is 0 Å². The van der Waals surface area contributed by atoms with Crippen LogP contribution in [-0.2, 0) is 12.8 Å². The van der Waals surface area contributed by atoms with Gasteiger partial charge in [0.05, 0.1) is 22.5 Å². The van der Waals surface area contributed by atoms with Crippen LogP contribution < -0.4 is 0 Å². The Morgan fingerprint density at radius 3 is 2.47 bits per heavy atom. The van der Waals surface area contributed by atoms with Crippen LogP contribution in [0.5, 0.6) is 0 Å². The summed E-state index contributed by atoms with van der Waals surface area (Å²) < 4.78 is 1.76. The summed E-state index contributed by atoms with van der Waals surface area (Å²) in [4.78, 5) is 31.7. The molecule has 0 spiro atoms. The minimum Gasteiger partial charge on any atom is -0.341 e. The number of nitrogens with zero attached hydrogens (tertiary/aromatic N) is 4. The number of rotatable bonds is 5. The maximum atomic E-state index is 12.9. The fourth-order valence-corrected chi connectivity index (χ4v) is 4.34. The molecule has 0 N–H and O–H groups in total. The zero-order chi connectivity index (χ0) is 23.0. The van der Waals surface area contributed by atoms with Crippen LogP contribution in [0.3, 0.4) is 0 Å². The van der Waals surface area contributed by atoms with E-state index >= 15 is 0 Å². The van der Waals surface area contributed by atoms with E-state index in [4.69, 9.17) is 0 Å². The molecule has 1 aliphatic carbocycles. The van der Waals surface area contributed by atoms with Gasteiger partial charge in [0.25, 0.3) is 5.91 Å². The number of hydrogen-bond donors (Lipinski definition) is 0. The fraction of sp³-hybridized carbons (Fsp3) is 0.385. The number of aryl methyl sites for hydroxylation is 2. The first-order valence-corrected chi connectivity index (χ1v) is 11.0. The second kappa shape index (κ2) is 8.34. The molecule has 1 aliphatic rings. The Morgan fingerprint density at radius 1 is 1.09 bits per heavy atom. The van der Waals surface area contributed by atoms with Crippen molar-refractivity contribution in [3.05, 3.63) is 76.2 Å². The summed E-state index contributed by atoms with van der Waals surface area (Å²) in [6.45, 7) is 8.76. The standard InChI is InChI=1S/C26H30N4O2/c1-17-6-8-19(9-7-17)12-13-29(5)25(32)20-10-11-23(27-16-20)30-21-14-26(3,4)15-22(31)24(21)18(2)28-30/h6-11,16H,12-15H2,1-5H3. The second-order valence-corrected chi connectivity index (χ2v) is 9.63. The number of hydrogen-bond acceptors (Lipinski definition) is 4. The van der Waals surface area contributed by atoms with Crippen LogP contribution in [0.4, 0.5) is 0 Å². The third-order valence-electron chi connectivity index (χ3n) is 6.14. The van der Waals surface area contributed by atoms with E-state index in [9.17, 15) is 9.59 Å². The summed E-state index contributed by atoms with van der Waals surface area (Å²) in [6, 6.07) is 12.0. The highest BCUT2D eigenvalue weighted by Gasteiger charge is 2.35. The number of carbonyl (C=O) groups excluding carboxylic acids is 2. The van der Waals surface area contributed by atoms with Crippen molar-refractivity contribution >= 4 is 11.7 Å². The number of likely N-dealkylation sites (N-methyl/N-ethyl adjacent to an activating group) is 1. The first-order chi connectivity index (χ1) is 15.1. The van der Waals surface area contributed by atoms with Crippen LogP contribution in [0, 0.1) is 19.3 Å². The molecule has 0 unspecified atom stereocenters. The molecular weight excluding hydrogens is 400 g/mol. The van der Waals surface area contributed by atoms with Gasteiger partial charge in [0, 0.05) is 26.2 Å². The first kappa shape index (κ1) is 21.9. The topological polar surface area (TPSA) is 68.1 Å². The van der Waals surface area contributed by atoms with Crippen molar-refractivity contribution in [2.24, 2.45) is 5.41 Å². The van der Waals surface area contributed by atoms with Gasteiger partial charge in [0.1, 0.15) is 0 Å². The molecule has 0 radical (unpaired) electrons. The molecule has 32 heavy (non-hydrogen) atoms. The van der Waals surface area contributed by atoms with Gasteiger partial charge in [-0.3, -0.25) is 9.59 Å². The number of fused-ring (bicyclic) bond motifs is 1. The zero-order valence-corrected chi connectivity index (χ0v) is 19.5. The molecule has 166 valence electrons. The highest BCUT2D eigenvalue weighted by molar-refractivity contribution is 6.00. The molecule has 0 saturated heterocycles. The summed E-state index contributed by atoms with van der Waals surface area (Å²) in [5, 5.41) is 4.60. The minimum atomic E-state index is -0.107. The van der Waals surface area contributed by atoms with Crippen LogP contribution in [0.1, 0.15) is 63.5 Å². The molecule has 6 heteroatoms. The molecule has 0 bridgehead atoms. The van der Waals surface area contributed by atoms with Gasteiger partial charge in [-0.2, -0.15) is 5.10 Å². The fourth-order valence-electron chi connectivity index (χ4n) is 4.34. The second-order valence-electron chi connectivity index (χ2n) is 9.63. The van der Waals surface area contributed by atoms with E-state index in [1.165, 1.54) is 11.1 Å². The number of carbonyl (C=O) groups is 2. The molecule has 4 rings (SSSR count). The third-order valence-corrected chi connectivity index (χ3v) is 6.14. The lowest BCUT2D eigenvalue weighted by Gasteiger charge is -2.29. The van der Waals surface area contributed by atoms with Gasteiger partial charge < -0.3 is 4.90 Å². The van der Waals surface area contributed by atoms with Gasteiger partial charge in [0.2, 0.25) is 0 Å². The maximum absolute atomic E-state index is 12.9. The molecule has 6 nitrogen and oxygen atoms in total. The Balaban J connectivity index is 1.50. The minimum absolute atomic E-state index is 0.0638. The SMILES string of the molecule is Cc1ccc(CCN(C)C(=O)c2ccc(-n3nc(C)c4c3CC(C)(C)CC4=O)nc2)cc1. The van der Waals surface area contributed by atoms with Gasteiger partial charge in [-0.15, -0.1) is 0 Å². The van der Waals surface area contributed by atoms with Gasteiger partial charge in [-0.05, 0) is 49.8 Å². The highest BCUT2D eigenvalue weighted by atomic mass is 16.2. The predicted octanol–water partition coefficient (Wildman–Crippen LogP) is 4.35. The van der Waals surface area contributed by atoms with Crippen molar-refractivity contribution in [2.45, 2.75) is 47.0 Å². The first-order valence-electron chi connectivity index (χ1n) is 11.0. The molecule has 0 fully saturated rings. The molecule has 0 saturated carbocycles. The van der Waals surface area contributed by atoms with E-state index in [-0.39, 0.29) is 17.1 Å². The van der Waals surface area contributed by atoms with Crippen LogP contribution >= 0.6 is 0 Å². The van der Waals surface area contributed by atoms with Gasteiger partial charge in [0.15, 0.2) is 11.6 Å². The van der Waals surface area contributed by atoms with Crippen molar-refractivity contribution in [3.8, 4) is 5.82 Å². The predicted molar refractivity (Wildman–Crippen MR) is 124 cm³/mol. The Morgan fingerprint density at radius 2 is 1.81 bits per heavy atom. The number of Topliss-reactive ketones (excluding diaryl/α,β-unsaturated/α-hetero) is 1. The van der Waals surface area contributed by atoms with Crippen LogP contribution in [0.25, 0.3) is 5.82 Å². The van der Waals surface area contributed by atoms with Crippen LogP contribution in [0.2, 0.25) is 0 Å². The zero-order valence-electron chi connectivity index (χ0n) is 19.5. The lowest BCUT2D eigenvalue weighted by Crippen LogP contribution is -2.29. The van der Waals surface area contributed by atoms with Crippen molar-refractivity contribution < 1.29 is 9.59 Å². The van der Waals surface area contributed by atoms with E-state index in [1.54, 1.807) is 27.9 Å². The lowest BCUT2D eigenvalue weighted by atomic mass is 9.75. The number of amides is 1. The van der Waals surface area contributed by atoms with Crippen molar-refractivity contribution in [1.82, 2.24) is 19.7 Å². The smallest absolute Gasteiger partial charge is 0.255 e. The van der Waals surface area contributed by atoms with E-state index in [1.807, 2.05) is 14.0 Å². The Bertz CT molecular complexity index is 1160. The van der Waals surface area contributed by atoms with Crippen molar-refractivity contribution in [3.63, 3.8) is 0 Å². The summed E-state index contributed by atoms with van der Waals surface area (Å²) in [6.07, 6.45) is 3.69. The molecule has 3 aromatic rings. The van der Waals surface area contributed by atoms with Gasteiger partial charge in [-0.25, -0.2) is 9.67 Å². The Kier molecular flexibility index (Phi) is 5.71. The molecular formula is C26H30N4O2. The average Bonchev–Trinajstić information content (AvgIpc) is 3.07. The van der Waals surface area contributed by atoms with E-state index in [0.717, 1.165) is 29.8 Å². The van der Waals surface area contributed by atoms with E-state index < -0.39 is 0 Å².